The Morgan fingerprint density at radius 1 is 1.41 bits per heavy atom. The fourth-order valence-electron chi connectivity index (χ4n) is 2.01. The summed E-state index contributed by atoms with van der Waals surface area (Å²) in [6.07, 6.45) is 2.07. The van der Waals surface area contributed by atoms with Crippen LogP contribution in [0.1, 0.15) is 18.4 Å². The maximum Gasteiger partial charge on any atom is 0.224 e. The molecule has 2 N–H and O–H groups in total. The summed E-state index contributed by atoms with van der Waals surface area (Å²) in [5.74, 6) is 0.267. The zero-order valence-electron chi connectivity index (χ0n) is 9.71. The number of carbonyl (C=O) groups is 1. The van der Waals surface area contributed by atoms with Crippen LogP contribution in [0, 0.1) is 5.92 Å². The third kappa shape index (κ3) is 3.72. The number of piperidine rings is 1. The van der Waals surface area contributed by atoms with E-state index in [9.17, 15) is 4.79 Å². The van der Waals surface area contributed by atoms with Gasteiger partial charge in [-0.15, -0.1) is 0 Å². The van der Waals surface area contributed by atoms with Crippen molar-refractivity contribution in [3.8, 4) is 0 Å². The number of nitrogens with one attached hydrogen (secondary N) is 2. The second-order valence-corrected chi connectivity index (χ2v) is 4.82. The predicted molar refractivity (Wildman–Crippen MR) is 68.9 cm³/mol. The molecule has 1 saturated heterocycles. The fraction of sp³-hybridized carbons (Fsp3) is 0.462. The highest BCUT2D eigenvalue weighted by atomic mass is 35.5. The highest BCUT2D eigenvalue weighted by Crippen LogP contribution is 2.11. The van der Waals surface area contributed by atoms with Gasteiger partial charge in [-0.05, 0) is 37.1 Å². The Kier molecular flexibility index (Phi) is 4.40. The molecule has 1 heterocycles. The number of carbonyl (C=O) groups excluding carboxylic acids is 1. The first-order valence-electron chi connectivity index (χ1n) is 5.98. The molecule has 0 aliphatic carbocycles. The van der Waals surface area contributed by atoms with Gasteiger partial charge in [-0.3, -0.25) is 4.79 Å². The molecular formula is C13H17ClN2O. The molecule has 1 unspecified atom stereocenters. The number of hydrogen-bond acceptors (Lipinski definition) is 2. The molecule has 2 rings (SSSR count). The van der Waals surface area contributed by atoms with E-state index < -0.39 is 0 Å². The summed E-state index contributed by atoms with van der Waals surface area (Å²) >= 11 is 5.80. The summed E-state index contributed by atoms with van der Waals surface area (Å²) < 4.78 is 0. The van der Waals surface area contributed by atoms with Crippen LogP contribution >= 0.6 is 11.6 Å². The van der Waals surface area contributed by atoms with E-state index in [1.54, 1.807) is 0 Å². The normalized spacial score (nSPS) is 19.9. The lowest BCUT2D eigenvalue weighted by Crippen LogP contribution is -2.40. The van der Waals surface area contributed by atoms with Gasteiger partial charge in [0.05, 0.1) is 5.92 Å². The standard InChI is InChI=1S/C13H17ClN2O/c14-12-5-3-10(4-6-12)8-16-13(17)11-2-1-7-15-9-11/h3-6,11,15H,1-2,7-9H2,(H,16,17). The Hall–Kier alpha value is -1.06. The molecule has 0 saturated carbocycles. The largest absolute Gasteiger partial charge is 0.352 e. The van der Waals surface area contributed by atoms with Crippen LogP contribution in [0.25, 0.3) is 0 Å². The van der Waals surface area contributed by atoms with E-state index in [2.05, 4.69) is 10.6 Å². The van der Waals surface area contributed by atoms with Gasteiger partial charge in [-0.25, -0.2) is 0 Å². The van der Waals surface area contributed by atoms with Crippen LogP contribution in [0.3, 0.4) is 0 Å². The van der Waals surface area contributed by atoms with E-state index in [0.29, 0.717) is 6.54 Å². The maximum atomic E-state index is 11.9. The number of hydrogen-bond donors (Lipinski definition) is 2. The zero-order chi connectivity index (χ0) is 12.1. The molecule has 4 heteroatoms. The monoisotopic (exact) mass is 252 g/mol. The molecule has 0 aromatic heterocycles. The first kappa shape index (κ1) is 12.4. The van der Waals surface area contributed by atoms with Crippen molar-refractivity contribution in [2.75, 3.05) is 13.1 Å². The van der Waals surface area contributed by atoms with Gasteiger partial charge in [0.1, 0.15) is 0 Å². The molecule has 1 fully saturated rings. The van der Waals surface area contributed by atoms with Crippen molar-refractivity contribution >= 4 is 17.5 Å². The van der Waals surface area contributed by atoms with Crippen LogP contribution in [0.5, 0.6) is 0 Å². The molecule has 1 amide bonds. The van der Waals surface area contributed by atoms with E-state index in [-0.39, 0.29) is 11.8 Å². The minimum Gasteiger partial charge on any atom is -0.352 e. The lowest BCUT2D eigenvalue weighted by Gasteiger charge is -2.21. The van der Waals surface area contributed by atoms with Crippen molar-refractivity contribution in [2.24, 2.45) is 5.92 Å². The quantitative estimate of drug-likeness (QED) is 0.864. The Morgan fingerprint density at radius 2 is 2.18 bits per heavy atom. The molecule has 1 aromatic carbocycles. The van der Waals surface area contributed by atoms with E-state index in [1.807, 2.05) is 24.3 Å². The van der Waals surface area contributed by atoms with Crippen molar-refractivity contribution in [1.29, 1.82) is 0 Å². The molecule has 1 aliphatic heterocycles. The van der Waals surface area contributed by atoms with E-state index >= 15 is 0 Å². The molecule has 17 heavy (non-hydrogen) atoms. The number of halogens is 1. The molecule has 92 valence electrons. The molecule has 1 aromatic rings. The van der Waals surface area contributed by atoms with Gasteiger partial charge in [0.15, 0.2) is 0 Å². The third-order valence-corrected chi connectivity index (χ3v) is 3.30. The van der Waals surface area contributed by atoms with Crippen molar-refractivity contribution in [2.45, 2.75) is 19.4 Å². The average Bonchev–Trinajstić information content (AvgIpc) is 2.39. The van der Waals surface area contributed by atoms with Gasteiger partial charge in [0, 0.05) is 18.1 Å². The maximum absolute atomic E-state index is 11.9. The molecule has 1 aliphatic rings. The first-order chi connectivity index (χ1) is 8.25. The van der Waals surface area contributed by atoms with Gasteiger partial charge >= 0.3 is 0 Å². The summed E-state index contributed by atoms with van der Waals surface area (Å²) in [4.78, 5) is 11.9. The minimum absolute atomic E-state index is 0.121. The Morgan fingerprint density at radius 3 is 2.82 bits per heavy atom. The lowest BCUT2D eigenvalue weighted by atomic mass is 9.99. The second kappa shape index (κ2) is 6.03. The van der Waals surface area contributed by atoms with Crippen LogP contribution in [0.4, 0.5) is 0 Å². The van der Waals surface area contributed by atoms with Crippen LogP contribution in [0.15, 0.2) is 24.3 Å². The number of rotatable bonds is 3. The third-order valence-electron chi connectivity index (χ3n) is 3.05. The SMILES string of the molecule is O=C(NCc1ccc(Cl)cc1)C1CCCNC1. The summed E-state index contributed by atoms with van der Waals surface area (Å²) in [5.41, 5.74) is 1.08. The van der Waals surface area contributed by atoms with Gasteiger partial charge in [0.2, 0.25) is 5.91 Å². The van der Waals surface area contributed by atoms with Crippen molar-refractivity contribution in [1.82, 2.24) is 10.6 Å². The van der Waals surface area contributed by atoms with Crippen LogP contribution < -0.4 is 10.6 Å². The van der Waals surface area contributed by atoms with Gasteiger partial charge in [-0.2, -0.15) is 0 Å². The Balaban J connectivity index is 1.81. The number of benzene rings is 1. The van der Waals surface area contributed by atoms with E-state index in [1.165, 1.54) is 0 Å². The first-order valence-corrected chi connectivity index (χ1v) is 6.36. The number of amides is 1. The smallest absolute Gasteiger partial charge is 0.224 e. The van der Waals surface area contributed by atoms with E-state index in [4.69, 9.17) is 11.6 Å². The second-order valence-electron chi connectivity index (χ2n) is 4.39. The molecular weight excluding hydrogens is 236 g/mol. The summed E-state index contributed by atoms with van der Waals surface area (Å²) in [6.45, 7) is 2.40. The highest BCUT2D eigenvalue weighted by molar-refractivity contribution is 6.30. The van der Waals surface area contributed by atoms with Gasteiger partial charge in [-0.1, -0.05) is 23.7 Å². The van der Waals surface area contributed by atoms with Gasteiger partial charge < -0.3 is 10.6 Å². The molecule has 1 atom stereocenters. The van der Waals surface area contributed by atoms with Gasteiger partial charge in [0.25, 0.3) is 0 Å². The minimum atomic E-state index is 0.121. The predicted octanol–water partition coefficient (Wildman–Crippen LogP) is 1.96. The van der Waals surface area contributed by atoms with Crippen molar-refractivity contribution in [3.05, 3.63) is 34.9 Å². The Bertz CT molecular complexity index is 372. The molecule has 0 radical (unpaired) electrons. The van der Waals surface area contributed by atoms with Crippen LogP contribution in [0.2, 0.25) is 5.02 Å². The van der Waals surface area contributed by atoms with Crippen molar-refractivity contribution < 1.29 is 4.79 Å². The molecule has 0 spiro atoms. The van der Waals surface area contributed by atoms with Crippen LogP contribution in [-0.4, -0.2) is 19.0 Å². The summed E-state index contributed by atoms with van der Waals surface area (Å²) in [5, 5.41) is 6.93. The zero-order valence-corrected chi connectivity index (χ0v) is 10.5. The average molecular weight is 253 g/mol. The van der Waals surface area contributed by atoms with Crippen molar-refractivity contribution in [3.63, 3.8) is 0 Å². The molecule has 3 nitrogen and oxygen atoms in total. The summed E-state index contributed by atoms with van der Waals surface area (Å²) in [6, 6.07) is 7.54. The Labute approximate surface area is 107 Å². The summed E-state index contributed by atoms with van der Waals surface area (Å²) in [7, 11) is 0. The van der Waals surface area contributed by atoms with Crippen LogP contribution in [-0.2, 0) is 11.3 Å². The van der Waals surface area contributed by atoms with E-state index in [0.717, 1.165) is 36.5 Å². The topological polar surface area (TPSA) is 41.1 Å². The lowest BCUT2D eigenvalue weighted by molar-refractivity contribution is -0.125. The molecule has 0 bridgehead atoms. The highest BCUT2D eigenvalue weighted by Gasteiger charge is 2.20. The fourth-order valence-corrected chi connectivity index (χ4v) is 2.14.